The van der Waals surface area contributed by atoms with Gasteiger partial charge >= 0.3 is 6.18 Å². The molecule has 0 heterocycles. The summed E-state index contributed by atoms with van der Waals surface area (Å²) in [4.78, 5) is 4.46. The van der Waals surface area contributed by atoms with Gasteiger partial charge in [-0.15, -0.1) is 0 Å². The highest BCUT2D eigenvalue weighted by Crippen LogP contribution is 2.34. The van der Waals surface area contributed by atoms with Gasteiger partial charge in [0.2, 0.25) is 0 Å². The van der Waals surface area contributed by atoms with Crippen LogP contribution in [-0.2, 0) is 0 Å². The van der Waals surface area contributed by atoms with Crippen molar-refractivity contribution in [2.45, 2.75) is 6.18 Å². The molecular weight excluding hydrogens is 281 g/mol. The molecule has 0 aliphatic heterocycles. The van der Waals surface area contributed by atoms with Crippen LogP contribution in [0.4, 0.5) is 24.5 Å². The van der Waals surface area contributed by atoms with Crippen molar-refractivity contribution in [3.8, 4) is 0 Å². The molecule has 0 atom stereocenters. The molecule has 0 fully saturated rings. The van der Waals surface area contributed by atoms with Crippen LogP contribution in [0.2, 0.25) is 0 Å². The van der Waals surface area contributed by atoms with E-state index in [1.165, 1.54) is 12.1 Å². The quantitative estimate of drug-likeness (QED) is 0.870. The normalized spacial score (nSPS) is 11.4. The van der Waals surface area contributed by atoms with Crippen LogP contribution in [0.25, 0.3) is 15.6 Å². The number of rotatable bonds is 4. The van der Waals surface area contributed by atoms with E-state index in [9.17, 15) is 13.2 Å². The molecule has 0 unspecified atom stereocenters. The van der Waals surface area contributed by atoms with Gasteiger partial charge < -0.3 is 10.0 Å². The van der Waals surface area contributed by atoms with Gasteiger partial charge in [0.25, 0.3) is 0 Å². The second-order valence-corrected chi connectivity index (χ2v) is 4.52. The Morgan fingerprint density at radius 3 is 2.33 bits per heavy atom. The van der Waals surface area contributed by atoms with Crippen molar-refractivity contribution in [3.05, 3.63) is 47.8 Å². The van der Waals surface area contributed by atoms with Crippen LogP contribution < -0.4 is 4.90 Å². The number of hydrogen-bond acceptors (Lipinski definition) is 2. The lowest BCUT2D eigenvalue weighted by Gasteiger charge is -2.26. The van der Waals surface area contributed by atoms with Crippen molar-refractivity contribution in [3.63, 3.8) is 0 Å². The number of fused-ring (bicyclic) bond motifs is 1. The Kier molecular flexibility index (Phi) is 4.34. The highest BCUT2D eigenvalue weighted by atomic mass is 19.4. The van der Waals surface area contributed by atoms with E-state index in [0.717, 1.165) is 4.90 Å². The molecule has 0 aliphatic carbocycles. The molecule has 1 N–H and O–H groups in total. The van der Waals surface area contributed by atoms with Crippen molar-refractivity contribution >= 4 is 22.1 Å². The summed E-state index contributed by atoms with van der Waals surface area (Å²) < 4.78 is 38.1. The second kappa shape index (κ2) is 6.02. The van der Waals surface area contributed by atoms with Crippen molar-refractivity contribution in [2.75, 3.05) is 24.6 Å². The largest absolute Gasteiger partial charge is 0.405 e. The maximum atomic E-state index is 12.7. The third kappa shape index (κ3) is 3.44. The van der Waals surface area contributed by atoms with E-state index < -0.39 is 12.7 Å². The van der Waals surface area contributed by atoms with Gasteiger partial charge in [-0.3, -0.25) is 0 Å². The van der Waals surface area contributed by atoms with Gasteiger partial charge in [0.15, 0.2) is 5.69 Å². The zero-order valence-electron chi connectivity index (χ0n) is 11.1. The Labute approximate surface area is 120 Å². The van der Waals surface area contributed by atoms with E-state index in [1.54, 1.807) is 24.3 Å². The molecule has 3 nitrogen and oxygen atoms in total. The first-order chi connectivity index (χ1) is 9.96. The Bertz CT molecular complexity index is 677. The van der Waals surface area contributed by atoms with E-state index in [0.29, 0.717) is 22.1 Å². The Morgan fingerprint density at radius 2 is 1.76 bits per heavy atom. The minimum atomic E-state index is -4.37. The van der Waals surface area contributed by atoms with Crippen LogP contribution in [0.1, 0.15) is 0 Å². The fourth-order valence-corrected chi connectivity index (χ4v) is 2.26. The topological polar surface area (TPSA) is 27.8 Å². The minimum absolute atomic E-state index is 0.124. The summed E-state index contributed by atoms with van der Waals surface area (Å²) in [6.45, 7) is 5.47. The molecular formula is C15H13F3N2O. The zero-order valence-corrected chi connectivity index (χ0v) is 11.1. The van der Waals surface area contributed by atoms with E-state index in [1.807, 2.05) is 0 Å². The van der Waals surface area contributed by atoms with Gasteiger partial charge in [-0.1, -0.05) is 30.3 Å². The van der Waals surface area contributed by atoms with Gasteiger partial charge in [-0.2, -0.15) is 13.2 Å². The average Bonchev–Trinajstić information content (AvgIpc) is 2.44. The molecule has 0 bridgehead atoms. The third-order valence-corrected chi connectivity index (χ3v) is 3.08. The maximum Gasteiger partial charge on any atom is 0.405 e. The number of aliphatic hydroxyl groups excluding tert-OH is 1. The Hall–Kier alpha value is -2.26. The molecule has 0 saturated carbocycles. The van der Waals surface area contributed by atoms with Crippen LogP contribution in [0.5, 0.6) is 0 Å². The molecule has 21 heavy (non-hydrogen) atoms. The predicted octanol–water partition coefficient (Wildman–Crippen LogP) is 3.75. The molecule has 0 aromatic heterocycles. The monoisotopic (exact) mass is 294 g/mol. The van der Waals surface area contributed by atoms with E-state index in [2.05, 4.69) is 4.85 Å². The summed E-state index contributed by atoms with van der Waals surface area (Å²) in [5, 5.41) is 10.2. The number of aliphatic hydroxyl groups is 1. The summed E-state index contributed by atoms with van der Waals surface area (Å²) >= 11 is 0. The molecule has 6 heteroatoms. The smallest absolute Gasteiger partial charge is 0.395 e. The summed E-state index contributed by atoms with van der Waals surface area (Å²) in [6, 6.07) is 9.84. The summed E-state index contributed by atoms with van der Waals surface area (Å²) in [6.07, 6.45) is -4.37. The van der Waals surface area contributed by atoms with Crippen LogP contribution in [0, 0.1) is 6.57 Å². The molecule has 0 amide bonds. The zero-order chi connectivity index (χ0) is 15.5. The molecule has 0 saturated heterocycles. The van der Waals surface area contributed by atoms with E-state index in [-0.39, 0.29) is 13.2 Å². The van der Waals surface area contributed by atoms with Crippen molar-refractivity contribution in [1.82, 2.24) is 0 Å². The van der Waals surface area contributed by atoms with Gasteiger partial charge in [0.05, 0.1) is 13.2 Å². The van der Waals surface area contributed by atoms with E-state index >= 15 is 0 Å². The van der Waals surface area contributed by atoms with Crippen LogP contribution in [0.3, 0.4) is 0 Å². The van der Waals surface area contributed by atoms with Gasteiger partial charge in [-0.25, -0.2) is 4.85 Å². The number of halogens is 3. The van der Waals surface area contributed by atoms with Crippen LogP contribution in [0.15, 0.2) is 36.4 Å². The highest BCUT2D eigenvalue weighted by molar-refractivity contribution is 6.02. The van der Waals surface area contributed by atoms with Gasteiger partial charge in [-0.05, 0) is 16.8 Å². The summed E-state index contributed by atoms with van der Waals surface area (Å²) in [5.41, 5.74) is 0.759. The molecule has 0 spiro atoms. The minimum Gasteiger partial charge on any atom is -0.395 e. The Balaban J connectivity index is 2.56. The van der Waals surface area contributed by atoms with Crippen molar-refractivity contribution in [2.24, 2.45) is 0 Å². The standard InChI is InChI=1S/C15H13F3N2O/c1-19-13-6-7-14(12-5-3-2-4-11(12)13)20(8-9-21)10-15(16,17)18/h2-7,21H,8-10H2. The predicted molar refractivity (Wildman–Crippen MR) is 75.6 cm³/mol. The van der Waals surface area contributed by atoms with Crippen LogP contribution >= 0.6 is 0 Å². The number of nitrogens with zero attached hydrogens (tertiary/aromatic N) is 2. The lowest BCUT2D eigenvalue weighted by Crippen LogP contribution is -2.36. The SMILES string of the molecule is [C-]#[N+]c1ccc(N(CCO)CC(F)(F)F)c2ccccc12. The third-order valence-electron chi connectivity index (χ3n) is 3.08. The van der Waals surface area contributed by atoms with Crippen LogP contribution in [-0.4, -0.2) is 31.0 Å². The molecule has 2 aromatic carbocycles. The lowest BCUT2D eigenvalue weighted by atomic mass is 10.1. The van der Waals surface area contributed by atoms with Crippen molar-refractivity contribution in [1.29, 1.82) is 0 Å². The Morgan fingerprint density at radius 1 is 1.10 bits per heavy atom. The van der Waals surface area contributed by atoms with Gasteiger partial charge in [0, 0.05) is 12.2 Å². The number of benzene rings is 2. The number of hydrogen-bond donors (Lipinski definition) is 1. The number of anilines is 1. The molecule has 2 rings (SSSR count). The fraction of sp³-hybridized carbons (Fsp3) is 0.267. The molecule has 0 radical (unpaired) electrons. The summed E-state index contributed by atoms with van der Waals surface area (Å²) in [5.74, 6) is 0. The molecule has 2 aromatic rings. The first kappa shape index (κ1) is 15.1. The first-order valence-corrected chi connectivity index (χ1v) is 6.28. The lowest BCUT2D eigenvalue weighted by molar-refractivity contribution is -0.119. The maximum absolute atomic E-state index is 12.7. The number of alkyl halides is 3. The molecule has 0 aliphatic rings. The first-order valence-electron chi connectivity index (χ1n) is 6.28. The van der Waals surface area contributed by atoms with Gasteiger partial charge in [0.1, 0.15) is 6.54 Å². The average molecular weight is 294 g/mol. The highest BCUT2D eigenvalue weighted by Gasteiger charge is 2.31. The van der Waals surface area contributed by atoms with E-state index in [4.69, 9.17) is 11.7 Å². The summed E-state index contributed by atoms with van der Waals surface area (Å²) in [7, 11) is 0. The van der Waals surface area contributed by atoms with Crippen molar-refractivity contribution < 1.29 is 18.3 Å². The second-order valence-electron chi connectivity index (χ2n) is 4.52. The fourth-order valence-electron chi connectivity index (χ4n) is 2.26. The molecule has 110 valence electrons.